The maximum absolute atomic E-state index is 12.0. The van der Waals surface area contributed by atoms with Crippen LogP contribution >= 0.6 is 11.8 Å². The van der Waals surface area contributed by atoms with E-state index in [1.165, 1.54) is 25.7 Å². The van der Waals surface area contributed by atoms with Crippen molar-refractivity contribution in [1.82, 2.24) is 10.6 Å². The monoisotopic (exact) mass is 286 g/mol. The van der Waals surface area contributed by atoms with Gasteiger partial charge in [0.15, 0.2) is 0 Å². The van der Waals surface area contributed by atoms with E-state index in [4.69, 9.17) is 0 Å². The van der Waals surface area contributed by atoms with Gasteiger partial charge < -0.3 is 10.6 Å². The second kappa shape index (κ2) is 8.85. The molecular formula is C15H30N2OS. The minimum Gasteiger partial charge on any atom is -0.355 e. The molecule has 2 N–H and O–H groups in total. The van der Waals surface area contributed by atoms with Crippen LogP contribution in [0.1, 0.15) is 52.9 Å². The second-order valence-electron chi connectivity index (χ2n) is 6.03. The lowest BCUT2D eigenvalue weighted by atomic mass is 9.94. The molecule has 1 rings (SSSR count). The average molecular weight is 286 g/mol. The molecule has 1 fully saturated rings. The Labute approximate surface area is 122 Å². The van der Waals surface area contributed by atoms with E-state index in [2.05, 4.69) is 30.7 Å². The van der Waals surface area contributed by atoms with E-state index >= 15 is 0 Å². The number of hydrogen-bond donors (Lipinski definition) is 2. The summed E-state index contributed by atoms with van der Waals surface area (Å²) in [6, 6.07) is 0.416. The molecule has 3 unspecified atom stereocenters. The van der Waals surface area contributed by atoms with Crippen LogP contribution in [0.25, 0.3) is 0 Å². The molecule has 0 heterocycles. The zero-order valence-corrected chi connectivity index (χ0v) is 13.7. The zero-order valence-electron chi connectivity index (χ0n) is 12.9. The maximum Gasteiger partial charge on any atom is 0.236 e. The van der Waals surface area contributed by atoms with Crippen LogP contribution in [0, 0.1) is 5.92 Å². The Morgan fingerprint density at radius 2 is 1.95 bits per heavy atom. The number of carbonyl (C=O) groups is 1. The van der Waals surface area contributed by atoms with Gasteiger partial charge in [-0.05, 0) is 38.4 Å². The van der Waals surface area contributed by atoms with E-state index in [1.54, 1.807) is 0 Å². The summed E-state index contributed by atoms with van der Waals surface area (Å²) in [5, 5.41) is 7.22. The van der Waals surface area contributed by atoms with Crippen LogP contribution in [-0.4, -0.2) is 36.0 Å². The topological polar surface area (TPSA) is 41.1 Å². The van der Waals surface area contributed by atoms with E-state index in [1.807, 2.05) is 18.7 Å². The zero-order chi connectivity index (χ0) is 14.3. The first kappa shape index (κ1) is 16.8. The van der Waals surface area contributed by atoms with E-state index in [0.717, 1.165) is 13.0 Å². The molecule has 0 saturated heterocycles. The smallest absolute Gasteiger partial charge is 0.236 e. The average Bonchev–Trinajstić information content (AvgIpc) is 2.38. The molecule has 4 heteroatoms. The van der Waals surface area contributed by atoms with Gasteiger partial charge in [-0.15, -0.1) is 0 Å². The van der Waals surface area contributed by atoms with Gasteiger partial charge in [0.1, 0.15) is 0 Å². The van der Waals surface area contributed by atoms with Crippen LogP contribution < -0.4 is 10.6 Å². The molecule has 3 atom stereocenters. The van der Waals surface area contributed by atoms with Gasteiger partial charge in [0, 0.05) is 17.8 Å². The third kappa shape index (κ3) is 6.17. The van der Waals surface area contributed by atoms with Crippen LogP contribution in [0.4, 0.5) is 0 Å². The van der Waals surface area contributed by atoms with Crippen molar-refractivity contribution in [3.8, 4) is 0 Å². The van der Waals surface area contributed by atoms with Crippen LogP contribution in [0.5, 0.6) is 0 Å². The maximum atomic E-state index is 12.0. The second-order valence-corrected chi connectivity index (χ2v) is 7.10. The minimum atomic E-state index is -0.0788. The molecule has 3 nitrogen and oxygen atoms in total. The normalized spacial score (nSPS) is 25.3. The molecule has 1 amide bonds. The lowest BCUT2D eigenvalue weighted by Crippen LogP contribution is -2.51. The summed E-state index contributed by atoms with van der Waals surface area (Å²) in [5.74, 6) is 0.786. The van der Waals surface area contributed by atoms with Crippen LogP contribution in [-0.2, 0) is 4.79 Å². The SMILES string of the molecule is CSC1CCCCC1NC(C)C(=O)NCCC(C)C. The largest absolute Gasteiger partial charge is 0.355 e. The Balaban J connectivity index is 2.31. The van der Waals surface area contributed by atoms with E-state index in [0.29, 0.717) is 17.2 Å². The van der Waals surface area contributed by atoms with Gasteiger partial charge in [-0.3, -0.25) is 4.79 Å². The Morgan fingerprint density at radius 3 is 2.58 bits per heavy atom. The number of thioether (sulfide) groups is 1. The molecule has 1 aliphatic rings. The summed E-state index contributed by atoms with van der Waals surface area (Å²) >= 11 is 1.94. The van der Waals surface area contributed by atoms with Crippen molar-refractivity contribution < 1.29 is 4.79 Å². The number of hydrogen-bond acceptors (Lipinski definition) is 3. The summed E-state index contributed by atoms with van der Waals surface area (Å²) in [7, 11) is 0. The molecule has 1 saturated carbocycles. The van der Waals surface area contributed by atoms with Gasteiger partial charge in [0.2, 0.25) is 5.91 Å². The fraction of sp³-hybridized carbons (Fsp3) is 0.933. The molecule has 1 aliphatic carbocycles. The van der Waals surface area contributed by atoms with Gasteiger partial charge in [-0.25, -0.2) is 0 Å². The Hall–Kier alpha value is -0.220. The molecule has 19 heavy (non-hydrogen) atoms. The molecule has 0 aromatic heterocycles. The molecular weight excluding hydrogens is 256 g/mol. The summed E-state index contributed by atoms with van der Waals surface area (Å²) < 4.78 is 0. The molecule has 0 aromatic rings. The Morgan fingerprint density at radius 1 is 1.26 bits per heavy atom. The fourth-order valence-electron chi connectivity index (χ4n) is 2.60. The molecule has 0 aliphatic heterocycles. The standard InChI is InChI=1S/C15H30N2OS/c1-11(2)9-10-16-15(18)12(3)17-13-7-5-6-8-14(13)19-4/h11-14,17H,5-10H2,1-4H3,(H,16,18). The third-order valence-corrected chi connectivity index (χ3v) is 5.05. The van der Waals surface area contributed by atoms with E-state index in [-0.39, 0.29) is 11.9 Å². The van der Waals surface area contributed by atoms with Gasteiger partial charge in [-0.1, -0.05) is 26.7 Å². The number of amides is 1. The van der Waals surface area contributed by atoms with Crippen molar-refractivity contribution in [3.05, 3.63) is 0 Å². The Kier molecular flexibility index (Phi) is 7.84. The fourth-order valence-corrected chi connectivity index (χ4v) is 3.55. The summed E-state index contributed by atoms with van der Waals surface area (Å²) in [6.07, 6.45) is 8.33. The van der Waals surface area contributed by atoms with E-state index in [9.17, 15) is 4.79 Å². The van der Waals surface area contributed by atoms with Crippen molar-refractivity contribution in [3.63, 3.8) is 0 Å². The predicted molar refractivity (Wildman–Crippen MR) is 84.6 cm³/mol. The van der Waals surface area contributed by atoms with Crippen molar-refractivity contribution in [2.24, 2.45) is 5.92 Å². The first-order chi connectivity index (χ1) is 9.04. The van der Waals surface area contributed by atoms with Crippen molar-refractivity contribution in [2.75, 3.05) is 12.8 Å². The van der Waals surface area contributed by atoms with Gasteiger partial charge in [0.05, 0.1) is 6.04 Å². The van der Waals surface area contributed by atoms with Crippen LogP contribution in [0.3, 0.4) is 0 Å². The molecule has 0 aromatic carbocycles. The number of carbonyl (C=O) groups excluding carboxylic acids is 1. The first-order valence-corrected chi connectivity index (χ1v) is 8.90. The highest BCUT2D eigenvalue weighted by molar-refractivity contribution is 7.99. The quantitative estimate of drug-likeness (QED) is 0.756. The highest BCUT2D eigenvalue weighted by Crippen LogP contribution is 2.27. The molecule has 112 valence electrons. The molecule has 0 radical (unpaired) electrons. The summed E-state index contributed by atoms with van der Waals surface area (Å²) in [5.41, 5.74) is 0. The van der Waals surface area contributed by atoms with Gasteiger partial charge in [-0.2, -0.15) is 11.8 Å². The van der Waals surface area contributed by atoms with Crippen molar-refractivity contribution in [2.45, 2.75) is 70.2 Å². The molecule has 0 bridgehead atoms. The lowest BCUT2D eigenvalue weighted by Gasteiger charge is -2.33. The first-order valence-electron chi connectivity index (χ1n) is 7.61. The van der Waals surface area contributed by atoms with E-state index < -0.39 is 0 Å². The van der Waals surface area contributed by atoms with Crippen molar-refractivity contribution in [1.29, 1.82) is 0 Å². The van der Waals surface area contributed by atoms with Gasteiger partial charge in [0.25, 0.3) is 0 Å². The highest BCUT2D eigenvalue weighted by atomic mass is 32.2. The predicted octanol–water partition coefficient (Wildman–Crippen LogP) is 2.80. The van der Waals surface area contributed by atoms with Crippen molar-refractivity contribution >= 4 is 17.7 Å². The highest BCUT2D eigenvalue weighted by Gasteiger charge is 2.26. The number of nitrogens with one attached hydrogen (secondary N) is 2. The van der Waals surface area contributed by atoms with Crippen LogP contribution in [0.15, 0.2) is 0 Å². The summed E-state index contributed by atoms with van der Waals surface area (Å²) in [4.78, 5) is 12.0. The number of rotatable bonds is 7. The van der Waals surface area contributed by atoms with Gasteiger partial charge >= 0.3 is 0 Å². The minimum absolute atomic E-state index is 0.0788. The molecule has 0 spiro atoms. The summed E-state index contributed by atoms with van der Waals surface area (Å²) in [6.45, 7) is 7.13. The van der Waals surface area contributed by atoms with Crippen LogP contribution in [0.2, 0.25) is 0 Å². The Bertz CT molecular complexity index is 271. The third-order valence-electron chi connectivity index (χ3n) is 3.88. The lowest BCUT2D eigenvalue weighted by molar-refractivity contribution is -0.123.